The van der Waals surface area contributed by atoms with E-state index in [9.17, 15) is 9.59 Å². The van der Waals surface area contributed by atoms with Gasteiger partial charge in [-0.15, -0.1) is 0 Å². The first-order valence-corrected chi connectivity index (χ1v) is 12.9. The number of nitrogens with one attached hydrogen (secondary N) is 2. The summed E-state index contributed by atoms with van der Waals surface area (Å²) in [6.45, 7) is 14.6. The molecule has 160 valence electrons. The molecule has 1 fully saturated rings. The molecule has 0 saturated carbocycles. The van der Waals surface area contributed by atoms with Crippen molar-refractivity contribution in [1.29, 1.82) is 0 Å². The van der Waals surface area contributed by atoms with E-state index >= 15 is 0 Å². The lowest BCUT2D eigenvalue weighted by Crippen LogP contribution is -2.45. The normalized spacial score (nSPS) is 22.9. The monoisotopic (exact) mass is 421 g/mol. The maximum atomic E-state index is 12.3. The molecule has 0 radical (unpaired) electrons. The highest BCUT2D eigenvalue weighted by molar-refractivity contribution is 6.74. The maximum absolute atomic E-state index is 12.3. The van der Waals surface area contributed by atoms with Crippen molar-refractivity contribution >= 4 is 31.3 Å². The van der Waals surface area contributed by atoms with Gasteiger partial charge in [0.1, 0.15) is 6.23 Å². The highest BCUT2D eigenvalue weighted by Gasteiger charge is 2.44. The van der Waals surface area contributed by atoms with Gasteiger partial charge in [-0.2, -0.15) is 4.98 Å². The van der Waals surface area contributed by atoms with Crippen LogP contribution in [-0.2, 0) is 14.0 Å². The molecule has 2 aromatic rings. The van der Waals surface area contributed by atoms with Crippen LogP contribution in [0.5, 0.6) is 0 Å². The van der Waals surface area contributed by atoms with Gasteiger partial charge in [0, 0.05) is 13.3 Å². The van der Waals surface area contributed by atoms with E-state index in [0.717, 1.165) is 6.42 Å². The van der Waals surface area contributed by atoms with Crippen LogP contribution in [-0.4, -0.2) is 46.0 Å². The molecule has 1 aliphatic rings. The molecule has 0 aliphatic carbocycles. The zero-order chi connectivity index (χ0) is 21.6. The zero-order valence-corrected chi connectivity index (χ0v) is 19.2. The highest BCUT2D eigenvalue weighted by atomic mass is 28.4. The van der Waals surface area contributed by atoms with Crippen LogP contribution >= 0.6 is 0 Å². The van der Waals surface area contributed by atoms with Gasteiger partial charge in [0.2, 0.25) is 11.9 Å². The van der Waals surface area contributed by atoms with E-state index in [0.29, 0.717) is 12.1 Å². The van der Waals surface area contributed by atoms with Crippen LogP contribution in [0.2, 0.25) is 18.1 Å². The average Bonchev–Trinajstić information content (AvgIpc) is 3.16. The van der Waals surface area contributed by atoms with Crippen molar-refractivity contribution in [1.82, 2.24) is 19.5 Å². The molecule has 3 rings (SSSR count). The van der Waals surface area contributed by atoms with Crippen molar-refractivity contribution in [3.8, 4) is 0 Å². The summed E-state index contributed by atoms with van der Waals surface area (Å²) in [5.74, 6) is -0.222. The minimum atomic E-state index is -1.96. The summed E-state index contributed by atoms with van der Waals surface area (Å²) in [5.41, 5.74) is 0.187. The van der Waals surface area contributed by atoms with Crippen LogP contribution in [0.15, 0.2) is 11.1 Å². The Hall–Kier alpha value is -2.04. The average molecular weight is 422 g/mol. The topological polar surface area (TPSA) is 111 Å². The lowest BCUT2D eigenvalue weighted by atomic mass is 10.1. The standard InChI is InChI=1S/C19H31N5O4Si/c1-8-12-13(28-29(6,7)19(3,4)5)9-14(27-12)24-10-20-15-16(24)22-18(21-11(2)25)23-17(15)26/h10,12-14H,8-9H2,1-7H3,(H2,21,22,23,25,26)/t12-,13-,14-/m1/s1. The zero-order valence-electron chi connectivity index (χ0n) is 18.2. The molecule has 2 aromatic heterocycles. The lowest BCUT2D eigenvalue weighted by molar-refractivity contribution is -0.114. The van der Waals surface area contributed by atoms with Gasteiger partial charge in [-0.3, -0.25) is 24.5 Å². The third-order valence-electron chi connectivity index (χ3n) is 5.87. The number of amides is 1. The maximum Gasteiger partial charge on any atom is 0.280 e. The van der Waals surface area contributed by atoms with Gasteiger partial charge in [0.05, 0.1) is 18.5 Å². The van der Waals surface area contributed by atoms with Gasteiger partial charge in [-0.05, 0) is 24.6 Å². The van der Waals surface area contributed by atoms with E-state index in [1.807, 2.05) is 0 Å². The number of aromatic amines is 1. The van der Waals surface area contributed by atoms with E-state index in [2.05, 4.69) is 61.1 Å². The summed E-state index contributed by atoms with van der Waals surface area (Å²) in [6.07, 6.45) is 2.65. The predicted molar refractivity (Wildman–Crippen MR) is 113 cm³/mol. The Morgan fingerprint density at radius 1 is 1.45 bits per heavy atom. The summed E-state index contributed by atoms with van der Waals surface area (Å²) in [7, 11) is -1.96. The number of fused-ring (bicyclic) bond motifs is 1. The Labute approximate surface area is 171 Å². The fourth-order valence-corrected chi connectivity index (χ4v) is 4.63. The fraction of sp³-hybridized carbons (Fsp3) is 0.684. The van der Waals surface area contributed by atoms with Gasteiger partial charge < -0.3 is 9.16 Å². The van der Waals surface area contributed by atoms with Crippen molar-refractivity contribution in [2.75, 3.05) is 5.32 Å². The van der Waals surface area contributed by atoms with Crippen molar-refractivity contribution in [2.45, 2.75) is 84.0 Å². The van der Waals surface area contributed by atoms with E-state index in [-0.39, 0.29) is 40.8 Å². The number of imidazole rings is 1. The molecule has 1 saturated heterocycles. The summed E-state index contributed by atoms with van der Waals surface area (Å²) < 4.78 is 14.7. The molecule has 1 amide bonds. The summed E-state index contributed by atoms with van der Waals surface area (Å²) in [4.78, 5) is 34.8. The van der Waals surface area contributed by atoms with Gasteiger partial charge >= 0.3 is 0 Å². The Kier molecular flexibility index (Phi) is 5.72. The number of rotatable bonds is 5. The number of nitrogens with zero attached hydrogens (tertiary/aromatic N) is 3. The molecule has 0 bridgehead atoms. The minimum absolute atomic E-state index is 0.0276. The third kappa shape index (κ3) is 4.29. The Balaban J connectivity index is 1.91. The second-order valence-corrected chi connectivity index (χ2v) is 13.9. The lowest BCUT2D eigenvalue weighted by Gasteiger charge is -2.39. The molecular weight excluding hydrogens is 390 g/mol. The first kappa shape index (κ1) is 21.7. The van der Waals surface area contributed by atoms with Crippen LogP contribution in [0, 0.1) is 0 Å². The number of H-pyrrole nitrogens is 1. The first-order valence-electron chi connectivity index (χ1n) is 10.0. The minimum Gasteiger partial charge on any atom is -0.411 e. The molecular formula is C19H31N5O4Si. The second kappa shape index (κ2) is 7.65. The molecule has 0 aromatic carbocycles. The Morgan fingerprint density at radius 3 is 2.72 bits per heavy atom. The van der Waals surface area contributed by atoms with Crippen LogP contribution in [0.4, 0.5) is 5.95 Å². The van der Waals surface area contributed by atoms with Gasteiger partial charge in [-0.1, -0.05) is 27.7 Å². The van der Waals surface area contributed by atoms with Gasteiger partial charge in [0.15, 0.2) is 19.5 Å². The molecule has 10 heteroatoms. The second-order valence-electron chi connectivity index (χ2n) is 9.11. The number of carbonyl (C=O) groups excluding carboxylic acids is 1. The largest absolute Gasteiger partial charge is 0.411 e. The molecule has 3 atom stereocenters. The van der Waals surface area contributed by atoms with Crippen molar-refractivity contribution in [3.63, 3.8) is 0 Å². The highest BCUT2D eigenvalue weighted by Crippen LogP contribution is 2.41. The molecule has 9 nitrogen and oxygen atoms in total. The summed E-state index contributed by atoms with van der Waals surface area (Å²) in [6, 6.07) is 0. The van der Waals surface area contributed by atoms with Crippen LogP contribution in [0.1, 0.15) is 53.7 Å². The number of hydrogen-bond acceptors (Lipinski definition) is 6. The van der Waals surface area contributed by atoms with E-state index in [1.54, 1.807) is 10.9 Å². The number of carbonyl (C=O) groups is 1. The predicted octanol–water partition coefficient (Wildman–Crippen LogP) is 3.17. The number of ether oxygens (including phenoxy) is 1. The molecule has 0 spiro atoms. The number of hydrogen-bond donors (Lipinski definition) is 2. The fourth-order valence-electron chi connectivity index (χ4n) is 3.28. The smallest absolute Gasteiger partial charge is 0.280 e. The van der Waals surface area contributed by atoms with Gasteiger partial charge in [0.25, 0.3) is 5.56 Å². The molecule has 2 N–H and O–H groups in total. The quantitative estimate of drug-likeness (QED) is 0.717. The van der Waals surface area contributed by atoms with E-state index < -0.39 is 13.9 Å². The summed E-state index contributed by atoms with van der Waals surface area (Å²) in [5, 5.41) is 2.62. The molecule has 0 unspecified atom stereocenters. The third-order valence-corrected chi connectivity index (χ3v) is 10.4. The Bertz CT molecular complexity index is 962. The van der Waals surface area contributed by atoms with E-state index in [4.69, 9.17) is 9.16 Å². The molecule has 3 heterocycles. The molecule has 1 aliphatic heterocycles. The van der Waals surface area contributed by atoms with Crippen molar-refractivity contribution in [3.05, 3.63) is 16.7 Å². The SMILES string of the molecule is CC[C@H]1O[C@@H](n2cnc3c(=O)[nH]c(NC(C)=O)nc32)C[C@H]1O[Si](C)(C)C(C)(C)C. The summed E-state index contributed by atoms with van der Waals surface area (Å²) >= 11 is 0. The van der Waals surface area contributed by atoms with Crippen molar-refractivity contribution in [2.24, 2.45) is 0 Å². The van der Waals surface area contributed by atoms with Crippen LogP contribution in [0.3, 0.4) is 0 Å². The molecule has 29 heavy (non-hydrogen) atoms. The van der Waals surface area contributed by atoms with Crippen LogP contribution in [0.25, 0.3) is 11.2 Å². The van der Waals surface area contributed by atoms with Crippen molar-refractivity contribution < 1.29 is 14.0 Å². The number of aromatic nitrogens is 4. The number of anilines is 1. The Morgan fingerprint density at radius 2 is 2.14 bits per heavy atom. The van der Waals surface area contributed by atoms with Gasteiger partial charge in [-0.25, -0.2) is 4.98 Å². The first-order chi connectivity index (χ1) is 13.4. The van der Waals surface area contributed by atoms with Crippen LogP contribution < -0.4 is 10.9 Å². The van der Waals surface area contributed by atoms with E-state index in [1.165, 1.54) is 6.92 Å².